The summed E-state index contributed by atoms with van der Waals surface area (Å²) in [6.07, 6.45) is 8.17. The molecule has 0 atom stereocenters. The zero-order valence-corrected chi connectivity index (χ0v) is 17.8. The SMILES string of the molecule is CCC(=NCCC(C)C)C(C)=CC(=CO)C(=O)NC1(CC(=O)O)CCCCC1. The van der Waals surface area contributed by atoms with Crippen molar-refractivity contribution >= 4 is 17.6 Å². The van der Waals surface area contributed by atoms with Crippen molar-refractivity contribution in [1.82, 2.24) is 5.32 Å². The van der Waals surface area contributed by atoms with Gasteiger partial charge in [-0.15, -0.1) is 0 Å². The molecule has 1 aliphatic rings. The second kappa shape index (κ2) is 11.7. The first-order valence-electron chi connectivity index (χ1n) is 10.3. The first-order valence-corrected chi connectivity index (χ1v) is 10.3. The van der Waals surface area contributed by atoms with Gasteiger partial charge in [-0.25, -0.2) is 0 Å². The van der Waals surface area contributed by atoms with E-state index in [-0.39, 0.29) is 12.0 Å². The second-order valence-corrected chi connectivity index (χ2v) is 8.14. The van der Waals surface area contributed by atoms with E-state index in [1.165, 1.54) is 0 Å². The Labute approximate surface area is 168 Å². The summed E-state index contributed by atoms with van der Waals surface area (Å²) >= 11 is 0. The summed E-state index contributed by atoms with van der Waals surface area (Å²) in [6.45, 7) is 8.93. The van der Waals surface area contributed by atoms with Crippen LogP contribution in [0.2, 0.25) is 0 Å². The van der Waals surface area contributed by atoms with E-state index in [4.69, 9.17) is 0 Å². The number of rotatable bonds is 10. The molecule has 28 heavy (non-hydrogen) atoms. The summed E-state index contributed by atoms with van der Waals surface area (Å²) in [4.78, 5) is 28.7. The highest BCUT2D eigenvalue weighted by molar-refractivity contribution is 6.03. The van der Waals surface area contributed by atoms with Gasteiger partial charge in [0, 0.05) is 12.3 Å². The van der Waals surface area contributed by atoms with E-state index in [9.17, 15) is 19.8 Å². The Bertz CT molecular complexity index is 626. The predicted octanol–water partition coefficient (Wildman–Crippen LogP) is 4.57. The van der Waals surface area contributed by atoms with Crippen LogP contribution in [-0.4, -0.2) is 39.9 Å². The molecule has 1 amide bonds. The van der Waals surface area contributed by atoms with Gasteiger partial charge in [0.05, 0.1) is 23.8 Å². The highest BCUT2D eigenvalue weighted by Crippen LogP contribution is 2.31. The number of aliphatic carboxylic acids is 1. The normalized spacial score (nSPS) is 18.2. The van der Waals surface area contributed by atoms with E-state index < -0.39 is 17.4 Å². The maximum absolute atomic E-state index is 12.8. The monoisotopic (exact) mass is 392 g/mol. The van der Waals surface area contributed by atoms with Crippen LogP contribution in [0.4, 0.5) is 0 Å². The fourth-order valence-electron chi connectivity index (χ4n) is 3.63. The molecular formula is C22H36N2O4. The number of aliphatic hydroxyl groups excluding tert-OH is 1. The van der Waals surface area contributed by atoms with Gasteiger partial charge in [0.2, 0.25) is 0 Å². The summed E-state index contributed by atoms with van der Waals surface area (Å²) in [7, 11) is 0. The second-order valence-electron chi connectivity index (χ2n) is 8.14. The summed E-state index contributed by atoms with van der Waals surface area (Å²) in [5.74, 6) is -0.789. The number of carbonyl (C=O) groups excluding carboxylic acids is 1. The Morgan fingerprint density at radius 1 is 1.21 bits per heavy atom. The van der Waals surface area contributed by atoms with E-state index in [0.717, 1.165) is 56.2 Å². The number of carbonyl (C=O) groups is 2. The molecule has 1 aliphatic carbocycles. The van der Waals surface area contributed by atoms with Gasteiger partial charge in [-0.05, 0) is 50.2 Å². The van der Waals surface area contributed by atoms with Gasteiger partial charge < -0.3 is 15.5 Å². The molecule has 0 heterocycles. The van der Waals surface area contributed by atoms with Crippen molar-refractivity contribution in [1.29, 1.82) is 0 Å². The molecule has 0 bridgehead atoms. The molecule has 1 rings (SSSR count). The number of aliphatic hydroxyl groups is 1. The van der Waals surface area contributed by atoms with Crippen molar-refractivity contribution < 1.29 is 19.8 Å². The van der Waals surface area contributed by atoms with Gasteiger partial charge in [0.25, 0.3) is 5.91 Å². The number of hydrogen-bond acceptors (Lipinski definition) is 4. The molecular weight excluding hydrogens is 356 g/mol. The largest absolute Gasteiger partial charge is 0.515 e. The lowest BCUT2D eigenvalue weighted by Gasteiger charge is -2.37. The molecule has 158 valence electrons. The van der Waals surface area contributed by atoms with Crippen molar-refractivity contribution in [2.75, 3.05) is 6.54 Å². The van der Waals surface area contributed by atoms with Crippen LogP contribution in [-0.2, 0) is 9.59 Å². The van der Waals surface area contributed by atoms with E-state index in [2.05, 4.69) is 24.2 Å². The Balaban J connectivity index is 2.93. The molecule has 0 saturated heterocycles. The lowest BCUT2D eigenvalue weighted by molar-refractivity contribution is -0.139. The number of hydrogen-bond donors (Lipinski definition) is 3. The molecule has 6 heteroatoms. The van der Waals surface area contributed by atoms with E-state index in [1.54, 1.807) is 6.08 Å². The molecule has 1 fully saturated rings. The van der Waals surface area contributed by atoms with Crippen molar-refractivity contribution in [2.24, 2.45) is 10.9 Å². The van der Waals surface area contributed by atoms with E-state index in [0.29, 0.717) is 18.8 Å². The third-order valence-corrected chi connectivity index (χ3v) is 5.25. The van der Waals surface area contributed by atoms with Crippen molar-refractivity contribution in [2.45, 2.75) is 84.6 Å². The highest BCUT2D eigenvalue weighted by Gasteiger charge is 2.36. The summed E-state index contributed by atoms with van der Waals surface area (Å²) in [5, 5.41) is 21.8. The average molecular weight is 393 g/mol. The van der Waals surface area contributed by atoms with Crippen LogP contribution in [0.3, 0.4) is 0 Å². The van der Waals surface area contributed by atoms with Crippen LogP contribution >= 0.6 is 0 Å². The summed E-state index contributed by atoms with van der Waals surface area (Å²) in [6, 6.07) is 0. The highest BCUT2D eigenvalue weighted by atomic mass is 16.4. The number of amides is 1. The van der Waals surface area contributed by atoms with Crippen molar-refractivity contribution in [3.63, 3.8) is 0 Å². The van der Waals surface area contributed by atoms with Gasteiger partial charge in [-0.3, -0.25) is 14.6 Å². The standard InChI is InChI=1S/C22H36N2O4/c1-5-19(23-12-9-16(2)3)17(4)13-18(15-25)21(28)24-22(14-20(26)27)10-7-6-8-11-22/h13,15-16,25H,5-12,14H2,1-4H3,(H,24,28)(H,26,27). The van der Waals surface area contributed by atoms with Crippen LogP contribution < -0.4 is 5.32 Å². The van der Waals surface area contributed by atoms with Gasteiger partial charge in [0.15, 0.2) is 0 Å². The van der Waals surface area contributed by atoms with Crippen LogP contribution in [0.1, 0.15) is 79.1 Å². The minimum atomic E-state index is -0.922. The van der Waals surface area contributed by atoms with Crippen LogP contribution in [0.15, 0.2) is 28.5 Å². The molecule has 1 saturated carbocycles. The van der Waals surface area contributed by atoms with Crippen LogP contribution in [0, 0.1) is 5.92 Å². The molecule has 3 N–H and O–H groups in total. The minimum absolute atomic E-state index is 0.100. The van der Waals surface area contributed by atoms with Gasteiger partial charge in [-0.1, -0.05) is 40.0 Å². The quantitative estimate of drug-likeness (QED) is 0.219. The van der Waals surface area contributed by atoms with Crippen LogP contribution in [0.5, 0.6) is 0 Å². The van der Waals surface area contributed by atoms with Gasteiger partial charge in [0.1, 0.15) is 0 Å². The molecule has 6 nitrogen and oxygen atoms in total. The number of nitrogens with zero attached hydrogens (tertiary/aromatic N) is 1. The van der Waals surface area contributed by atoms with Crippen LogP contribution in [0.25, 0.3) is 0 Å². The molecule has 0 aromatic rings. The maximum Gasteiger partial charge on any atom is 0.305 e. The third kappa shape index (κ3) is 7.87. The van der Waals surface area contributed by atoms with Gasteiger partial charge >= 0.3 is 5.97 Å². The molecule has 0 spiro atoms. The predicted molar refractivity (Wildman–Crippen MR) is 113 cm³/mol. The lowest BCUT2D eigenvalue weighted by atomic mass is 9.79. The smallest absolute Gasteiger partial charge is 0.305 e. The third-order valence-electron chi connectivity index (χ3n) is 5.25. The number of nitrogens with one attached hydrogen (secondary N) is 1. The zero-order valence-electron chi connectivity index (χ0n) is 17.8. The summed E-state index contributed by atoms with van der Waals surface area (Å²) < 4.78 is 0. The molecule has 0 radical (unpaired) electrons. The molecule has 0 unspecified atom stereocenters. The van der Waals surface area contributed by atoms with E-state index in [1.807, 2.05) is 13.8 Å². The Morgan fingerprint density at radius 2 is 1.86 bits per heavy atom. The fraction of sp³-hybridized carbons (Fsp3) is 0.682. The number of carboxylic acid groups (broad SMARTS) is 1. The van der Waals surface area contributed by atoms with Gasteiger partial charge in [-0.2, -0.15) is 0 Å². The maximum atomic E-state index is 12.8. The Morgan fingerprint density at radius 3 is 2.36 bits per heavy atom. The molecule has 0 aliphatic heterocycles. The molecule has 0 aromatic carbocycles. The lowest BCUT2D eigenvalue weighted by Crippen LogP contribution is -2.51. The molecule has 0 aromatic heterocycles. The Hall–Kier alpha value is -2.11. The number of carboxylic acids is 1. The zero-order chi connectivity index (χ0) is 21.2. The topological polar surface area (TPSA) is 99.0 Å². The Kier molecular flexibility index (Phi) is 9.97. The first-order chi connectivity index (χ1) is 13.2. The van der Waals surface area contributed by atoms with Crippen molar-refractivity contribution in [3.8, 4) is 0 Å². The number of aliphatic imine (C=N–C) groups is 1. The van der Waals surface area contributed by atoms with Crippen molar-refractivity contribution in [3.05, 3.63) is 23.5 Å². The van der Waals surface area contributed by atoms with E-state index >= 15 is 0 Å². The fourth-order valence-corrected chi connectivity index (χ4v) is 3.63. The summed E-state index contributed by atoms with van der Waals surface area (Å²) in [5.41, 5.74) is 1.12. The average Bonchev–Trinajstić information content (AvgIpc) is 2.62. The number of allylic oxidation sites excluding steroid dienone is 1. The minimum Gasteiger partial charge on any atom is -0.515 e. The first kappa shape index (κ1) is 23.9.